The van der Waals surface area contributed by atoms with Crippen LogP contribution >= 0.6 is 0 Å². The average Bonchev–Trinajstić information content (AvgIpc) is 2.72. The van der Waals surface area contributed by atoms with Crippen molar-refractivity contribution >= 4 is 16.4 Å². The maximum Gasteiger partial charge on any atom is 0.233 e. The lowest BCUT2D eigenvalue weighted by atomic mass is 10.1. The van der Waals surface area contributed by atoms with Gasteiger partial charge in [-0.3, -0.25) is 10.0 Å². The van der Waals surface area contributed by atoms with Gasteiger partial charge in [0.1, 0.15) is 6.61 Å². The highest BCUT2D eigenvalue weighted by molar-refractivity contribution is 7.89. The van der Waals surface area contributed by atoms with E-state index in [1.807, 2.05) is 30.3 Å². The van der Waals surface area contributed by atoms with Crippen molar-refractivity contribution in [3.63, 3.8) is 0 Å². The zero-order chi connectivity index (χ0) is 20.4. The molecule has 1 heterocycles. The van der Waals surface area contributed by atoms with Gasteiger partial charge in [-0.2, -0.15) is 0 Å². The molecule has 0 radical (unpaired) electrons. The molecule has 28 heavy (non-hydrogen) atoms. The first-order valence-corrected chi connectivity index (χ1v) is 11.0. The number of amides is 1. The molecule has 1 aliphatic heterocycles. The minimum Gasteiger partial charge on any atom is -0.365 e. The van der Waals surface area contributed by atoms with Gasteiger partial charge < -0.3 is 4.74 Å². The molecule has 1 N–H and O–H groups in total. The highest BCUT2D eigenvalue weighted by Crippen LogP contribution is 2.19. The maximum atomic E-state index is 12.8. The van der Waals surface area contributed by atoms with E-state index in [0.29, 0.717) is 50.4 Å². The lowest BCUT2D eigenvalue weighted by Crippen LogP contribution is -2.46. The normalized spacial score (nSPS) is 16.8. The van der Waals surface area contributed by atoms with E-state index in [0.717, 1.165) is 5.56 Å². The van der Waals surface area contributed by atoms with Crippen LogP contribution in [0.15, 0.2) is 30.3 Å². The van der Waals surface area contributed by atoms with E-state index in [-0.39, 0.29) is 18.3 Å². The number of carbonyl (C=O) groups excluding carboxylic acids is 1. The fraction of sp³-hybridized carbons (Fsp3) is 0.550. The van der Waals surface area contributed by atoms with Gasteiger partial charge in [-0.15, -0.1) is 5.92 Å². The molecule has 1 aromatic rings. The van der Waals surface area contributed by atoms with Crippen molar-refractivity contribution in [3.8, 4) is 11.8 Å². The summed E-state index contributed by atoms with van der Waals surface area (Å²) >= 11 is 0. The molecule has 0 saturated carbocycles. The Balaban J connectivity index is 1.92. The summed E-state index contributed by atoms with van der Waals surface area (Å²) in [5.41, 5.74) is 1.03. The van der Waals surface area contributed by atoms with E-state index in [1.54, 1.807) is 6.92 Å². The smallest absolute Gasteiger partial charge is 0.233 e. The number of hydroxylamine groups is 2. The average molecular weight is 409 g/mol. The third-order valence-electron chi connectivity index (χ3n) is 4.86. The van der Waals surface area contributed by atoms with Crippen LogP contribution in [-0.4, -0.2) is 67.0 Å². The van der Waals surface area contributed by atoms with E-state index in [1.165, 1.54) is 4.31 Å². The third-order valence-corrected chi connectivity index (χ3v) is 6.81. The van der Waals surface area contributed by atoms with Crippen molar-refractivity contribution in [2.24, 2.45) is 0 Å². The van der Waals surface area contributed by atoms with Crippen LogP contribution in [0.3, 0.4) is 0 Å². The summed E-state index contributed by atoms with van der Waals surface area (Å²) in [6.07, 6.45) is 2.41. The highest BCUT2D eigenvalue weighted by atomic mass is 32.2. The van der Waals surface area contributed by atoms with Gasteiger partial charge in [0.25, 0.3) is 0 Å². The zero-order valence-corrected chi connectivity index (χ0v) is 17.0. The van der Waals surface area contributed by atoms with Crippen LogP contribution in [0.2, 0.25) is 0 Å². The Labute approximate surface area is 167 Å². The topological polar surface area (TPSA) is 87.2 Å². The lowest BCUT2D eigenvalue weighted by Gasteiger charge is -2.32. The number of benzene rings is 1. The molecule has 8 heteroatoms. The Kier molecular flexibility index (Phi) is 8.93. The molecule has 1 atom stereocenters. The second-order valence-electron chi connectivity index (χ2n) is 6.78. The number of piperidine rings is 1. The quantitative estimate of drug-likeness (QED) is 0.275. The Bertz CT molecular complexity index is 765. The number of hydrogen-bond acceptors (Lipinski definition) is 5. The molecule has 0 aromatic heterocycles. The highest BCUT2D eigenvalue weighted by Gasteiger charge is 2.32. The van der Waals surface area contributed by atoms with Crippen LogP contribution in [0.4, 0.5) is 0 Å². The molecule has 0 aliphatic carbocycles. The fourth-order valence-electron chi connectivity index (χ4n) is 3.21. The van der Waals surface area contributed by atoms with Crippen molar-refractivity contribution in [2.45, 2.75) is 44.8 Å². The second kappa shape index (κ2) is 11.2. The van der Waals surface area contributed by atoms with Gasteiger partial charge in [0.05, 0.1) is 17.9 Å². The first kappa shape index (κ1) is 22.4. The van der Waals surface area contributed by atoms with Crippen LogP contribution in [-0.2, 0) is 26.0 Å². The fourth-order valence-corrected chi connectivity index (χ4v) is 5.00. The number of carbonyl (C=O) groups is 1. The van der Waals surface area contributed by atoms with Gasteiger partial charge in [-0.05, 0) is 38.2 Å². The first-order valence-electron chi connectivity index (χ1n) is 9.41. The van der Waals surface area contributed by atoms with Crippen LogP contribution in [0.5, 0.6) is 0 Å². The monoisotopic (exact) mass is 408 g/mol. The van der Waals surface area contributed by atoms with Crippen molar-refractivity contribution in [3.05, 3.63) is 35.9 Å². The Morgan fingerprint density at radius 3 is 2.61 bits per heavy atom. The summed E-state index contributed by atoms with van der Waals surface area (Å²) in [4.78, 5) is 11.0. The number of sulfonamides is 1. The van der Waals surface area contributed by atoms with E-state index in [9.17, 15) is 18.4 Å². The van der Waals surface area contributed by atoms with Gasteiger partial charge in [-0.1, -0.05) is 36.3 Å². The molecular weight excluding hydrogens is 380 g/mol. The molecule has 1 aliphatic rings. The van der Waals surface area contributed by atoms with Gasteiger partial charge >= 0.3 is 0 Å². The van der Waals surface area contributed by atoms with E-state index >= 15 is 0 Å². The molecule has 7 nitrogen and oxygen atoms in total. The summed E-state index contributed by atoms with van der Waals surface area (Å²) < 4.78 is 32.6. The third kappa shape index (κ3) is 6.91. The van der Waals surface area contributed by atoms with Gasteiger partial charge in [0.2, 0.25) is 16.4 Å². The zero-order valence-electron chi connectivity index (χ0n) is 16.2. The van der Waals surface area contributed by atoms with E-state index < -0.39 is 16.1 Å². The maximum absolute atomic E-state index is 12.8. The molecule has 1 amide bonds. The van der Waals surface area contributed by atoms with Gasteiger partial charge in [0, 0.05) is 13.1 Å². The number of ether oxygens (including phenoxy) is 1. The lowest BCUT2D eigenvalue weighted by molar-refractivity contribution is -0.158. The van der Waals surface area contributed by atoms with Gasteiger partial charge in [0.15, 0.2) is 0 Å². The molecule has 1 saturated heterocycles. The predicted octanol–water partition coefficient (Wildman–Crippen LogP) is 1.67. The van der Waals surface area contributed by atoms with E-state index in [4.69, 9.17) is 4.74 Å². The largest absolute Gasteiger partial charge is 0.365 e. The minimum atomic E-state index is -3.60. The summed E-state index contributed by atoms with van der Waals surface area (Å²) in [6.45, 7) is 2.83. The molecule has 1 aromatic carbocycles. The van der Waals surface area contributed by atoms with Crippen LogP contribution < -0.4 is 0 Å². The number of rotatable bonds is 10. The minimum absolute atomic E-state index is 0.00509. The standard InChI is InChI=1S/C20H28N2O5S/c1-2-3-15-27-20-11-13-21(14-12-20)28(25,26)16-19(22(24)17-23)10-9-18-7-5-4-6-8-18/h4-8,17,19-20,24H,9-16H2,1H3. The predicted molar refractivity (Wildman–Crippen MR) is 106 cm³/mol. The van der Waals surface area contributed by atoms with Crippen molar-refractivity contribution in [1.82, 2.24) is 9.37 Å². The van der Waals surface area contributed by atoms with Gasteiger partial charge in [-0.25, -0.2) is 17.8 Å². The Morgan fingerprint density at radius 1 is 1.32 bits per heavy atom. The van der Waals surface area contributed by atoms with E-state index in [2.05, 4.69) is 11.8 Å². The number of nitrogens with zero attached hydrogens (tertiary/aromatic N) is 2. The molecule has 0 bridgehead atoms. The van der Waals surface area contributed by atoms with Crippen molar-refractivity contribution in [2.75, 3.05) is 25.4 Å². The molecule has 0 spiro atoms. The summed E-state index contributed by atoms with van der Waals surface area (Å²) in [5, 5.41) is 10.3. The van der Waals surface area contributed by atoms with Crippen LogP contribution in [0.1, 0.15) is 31.7 Å². The number of hydrogen-bond donors (Lipinski definition) is 1. The summed E-state index contributed by atoms with van der Waals surface area (Å²) in [7, 11) is -3.60. The summed E-state index contributed by atoms with van der Waals surface area (Å²) in [5.74, 6) is 5.30. The Morgan fingerprint density at radius 2 is 2.00 bits per heavy atom. The molecule has 2 rings (SSSR count). The number of aryl methyl sites for hydroxylation is 1. The second-order valence-corrected chi connectivity index (χ2v) is 8.79. The molecular formula is C20H28N2O5S. The van der Waals surface area contributed by atoms with Crippen LogP contribution in [0.25, 0.3) is 0 Å². The summed E-state index contributed by atoms with van der Waals surface area (Å²) in [6, 6.07) is 8.77. The Hall–Kier alpha value is -1.92. The molecule has 154 valence electrons. The van der Waals surface area contributed by atoms with Crippen molar-refractivity contribution in [1.29, 1.82) is 0 Å². The van der Waals surface area contributed by atoms with Crippen molar-refractivity contribution < 1.29 is 23.2 Å². The first-order chi connectivity index (χ1) is 13.5. The molecule has 1 fully saturated rings. The molecule has 1 unspecified atom stereocenters. The van der Waals surface area contributed by atoms with Crippen LogP contribution in [0, 0.1) is 11.8 Å². The SMILES string of the molecule is CC#CCOC1CCN(S(=O)(=O)CC(CCc2ccccc2)N(O)C=O)CC1.